The highest BCUT2D eigenvalue weighted by atomic mass is 16.4. The van der Waals surface area contributed by atoms with Crippen LogP contribution in [0.2, 0.25) is 0 Å². The van der Waals surface area contributed by atoms with E-state index in [4.69, 9.17) is 0 Å². The standard InChI is InChI=1S/2C14H16N2O3/c2*17-12-4-3-11(14(18)19)13(16(12)10-1-2-10)9-5-7-15-8-6-9/h2*5-8,10-11,13H,1-4H2,(H,18,19)/t2*11-,13+/m10/s1. The molecule has 6 rings (SSSR count). The van der Waals surface area contributed by atoms with Gasteiger partial charge in [-0.1, -0.05) is 0 Å². The monoisotopic (exact) mass is 520 g/mol. The number of carbonyl (C=O) groups excluding carboxylic acids is 2. The van der Waals surface area contributed by atoms with Crippen molar-refractivity contribution < 1.29 is 29.4 Å². The predicted molar refractivity (Wildman–Crippen MR) is 134 cm³/mol. The molecule has 0 unspecified atom stereocenters. The average Bonchev–Trinajstić information content (AvgIpc) is 3.84. The van der Waals surface area contributed by atoms with Crippen LogP contribution in [0.15, 0.2) is 49.1 Å². The third-order valence-electron chi connectivity index (χ3n) is 7.89. The normalized spacial score (nSPS) is 27.4. The molecule has 2 amide bonds. The van der Waals surface area contributed by atoms with Crippen LogP contribution in [0.25, 0.3) is 0 Å². The Balaban J connectivity index is 0.000000155. The highest BCUT2D eigenvalue weighted by molar-refractivity contribution is 5.83. The van der Waals surface area contributed by atoms with Crippen LogP contribution in [0.5, 0.6) is 0 Å². The first-order valence-corrected chi connectivity index (χ1v) is 13.2. The van der Waals surface area contributed by atoms with E-state index in [1.54, 1.807) is 34.6 Å². The maximum absolute atomic E-state index is 12.1. The average molecular weight is 521 g/mol. The highest BCUT2D eigenvalue weighted by Crippen LogP contribution is 2.44. The van der Waals surface area contributed by atoms with Gasteiger partial charge in [0.15, 0.2) is 0 Å². The van der Waals surface area contributed by atoms with Gasteiger partial charge in [0.05, 0.1) is 23.9 Å². The molecule has 2 aromatic rings. The molecule has 4 heterocycles. The molecular weight excluding hydrogens is 488 g/mol. The minimum atomic E-state index is -0.819. The van der Waals surface area contributed by atoms with Crippen LogP contribution in [-0.4, -0.2) is 65.8 Å². The molecule has 0 spiro atoms. The van der Waals surface area contributed by atoms with Gasteiger partial charge in [-0.05, 0) is 73.9 Å². The van der Waals surface area contributed by atoms with Gasteiger partial charge in [-0.2, -0.15) is 0 Å². The van der Waals surface area contributed by atoms with Crippen molar-refractivity contribution in [2.45, 2.75) is 75.5 Å². The zero-order chi connectivity index (χ0) is 26.8. The third-order valence-corrected chi connectivity index (χ3v) is 7.89. The zero-order valence-electron chi connectivity index (χ0n) is 21.1. The second-order valence-electron chi connectivity index (χ2n) is 10.5. The summed E-state index contributed by atoms with van der Waals surface area (Å²) >= 11 is 0. The lowest BCUT2D eigenvalue weighted by atomic mass is 9.84. The molecule has 2 saturated heterocycles. The Bertz CT molecular complexity index is 1090. The number of carbonyl (C=O) groups is 4. The molecule has 0 aromatic carbocycles. The summed E-state index contributed by atoms with van der Waals surface area (Å²) in [7, 11) is 0. The van der Waals surface area contributed by atoms with Crippen molar-refractivity contribution in [2.24, 2.45) is 11.8 Å². The molecule has 4 atom stereocenters. The van der Waals surface area contributed by atoms with Gasteiger partial charge in [-0.3, -0.25) is 29.1 Å². The molecule has 0 bridgehead atoms. The SMILES string of the molecule is O=C(O)[C@@H]1CCC(=O)N(C2CC2)[C@H]1c1ccncc1.O=C(O)[C@H]1CCC(=O)N(C2CC2)[C@@H]1c1ccncc1. The summed E-state index contributed by atoms with van der Waals surface area (Å²) in [5.41, 5.74) is 1.75. The van der Waals surface area contributed by atoms with Crippen molar-refractivity contribution in [1.82, 2.24) is 19.8 Å². The molecule has 10 heteroatoms. The van der Waals surface area contributed by atoms with Crippen molar-refractivity contribution in [3.8, 4) is 0 Å². The van der Waals surface area contributed by atoms with Crippen LogP contribution in [0.1, 0.15) is 74.6 Å². The van der Waals surface area contributed by atoms with Gasteiger partial charge >= 0.3 is 11.9 Å². The fourth-order valence-electron chi connectivity index (χ4n) is 5.82. The second-order valence-corrected chi connectivity index (χ2v) is 10.5. The Morgan fingerprint density at radius 3 is 1.26 bits per heavy atom. The number of likely N-dealkylation sites (tertiary alicyclic amines) is 2. The Morgan fingerprint density at radius 2 is 0.974 bits per heavy atom. The van der Waals surface area contributed by atoms with Crippen LogP contribution in [0, 0.1) is 11.8 Å². The molecule has 0 radical (unpaired) electrons. The van der Waals surface area contributed by atoms with E-state index in [1.807, 2.05) is 24.3 Å². The molecule has 2 saturated carbocycles. The van der Waals surface area contributed by atoms with E-state index in [9.17, 15) is 29.4 Å². The van der Waals surface area contributed by atoms with E-state index in [2.05, 4.69) is 9.97 Å². The Labute approximate surface area is 220 Å². The van der Waals surface area contributed by atoms with E-state index < -0.39 is 23.8 Å². The number of hydrogen-bond acceptors (Lipinski definition) is 6. The van der Waals surface area contributed by atoms with Gasteiger partial charge in [0.25, 0.3) is 0 Å². The molecule has 4 fully saturated rings. The number of aliphatic carboxylic acids is 2. The van der Waals surface area contributed by atoms with Crippen molar-refractivity contribution in [1.29, 1.82) is 0 Å². The van der Waals surface area contributed by atoms with E-state index >= 15 is 0 Å². The first-order valence-electron chi connectivity index (χ1n) is 13.2. The summed E-state index contributed by atoms with van der Waals surface area (Å²) in [6, 6.07) is 7.04. The smallest absolute Gasteiger partial charge is 0.308 e. The van der Waals surface area contributed by atoms with Crippen molar-refractivity contribution in [2.75, 3.05) is 0 Å². The lowest BCUT2D eigenvalue weighted by Crippen LogP contribution is -2.46. The molecular formula is C28H32N4O6. The first-order chi connectivity index (χ1) is 18.4. The zero-order valence-corrected chi connectivity index (χ0v) is 21.1. The maximum Gasteiger partial charge on any atom is 0.308 e. The number of nitrogens with zero attached hydrogens (tertiary/aromatic N) is 4. The predicted octanol–water partition coefficient (Wildman–Crippen LogP) is 3.22. The largest absolute Gasteiger partial charge is 0.481 e. The topological polar surface area (TPSA) is 141 Å². The van der Waals surface area contributed by atoms with Crippen LogP contribution >= 0.6 is 0 Å². The number of piperidine rings is 2. The number of hydrogen-bond donors (Lipinski definition) is 2. The van der Waals surface area contributed by atoms with Crippen LogP contribution in [0.4, 0.5) is 0 Å². The summed E-state index contributed by atoms with van der Waals surface area (Å²) in [6.07, 6.45) is 12.1. The second kappa shape index (κ2) is 10.9. The summed E-state index contributed by atoms with van der Waals surface area (Å²) in [4.78, 5) is 58.8. The molecule has 4 aliphatic rings. The van der Waals surface area contributed by atoms with E-state index in [-0.39, 0.29) is 36.0 Å². The minimum absolute atomic E-state index is 0.0850. The van der Waals surface area contributed by atoms with Gasteiger partial charge < -0.3 is 20.0 Å². The van der Waals surface area contributed by atoms with Gasteiger partial charge in [0.2, 0.25) is 11.8 Å². The fraction of sp³-hybridized carbons (Fsp3) is 0.500. The molecule has 2 aliphatic heterocycles. The van der Waals surface area contributed by atoms with Crippen LogP contribution in [-0.2, 0) is 19.2 Å². The maximum atomic E-state index is 12.1. The van der Waals surface area contributed by atoms with Crippen molar-refractivity contribution in [3.05, 3.63) is 60.2 Å². The number of carboxylic acid groups (broad SMARTS) is 2. The number of pyridine rings is 2. The van der Waals surface area contributed by atoms with Gasteiger partial charge in [0.1, 0.15) is 0 Å². The molecule has 2 aliphatic carbocycles. The Morgan fingerprint density at radius 1 is 0.632 bits per heavy atom. The lowest BCUT2D eigenvalue weighted by molar-refractivity contribution is -0.154. The fourth-order valence-corrected chi connectivity index (χ4v) is 5.82. The third kappa shape index (κ3) is 5.39. The van der Waals surface area contributed by atoms with E-state index in [1.165, 1.54) is 0 Å². The summed E-state index contributed by atoms with van der Waals surface area (Å²) in [5.74, 6) is -2.50. The summed E-state index contributed by atoms with van der Waals surface area (Å²) in [6.45, 7) is 0. The lowest BCUT2D eigenvalue weighted by Gasteiger charge is -2.40. The number of aromatic nitrogens is 2. The van der Waals surface area contributed by atoms with E-state index in [0.29, 0.717) is 25.7 Å². The van der Waals surface area contributed by atoms with Crippen molar-refractivity contribution in [3.63, 3.8) is 0 Å². The molecule has 2 aromatic heterocycles. The number of carboxylic acids is 2. The summed E-state index contributed by atoms with van der Waals surface area (Å²) < 4.78 is 0. The van der Waals surface area contributed by atoms with Crippen LogP contribution < -0.4 is 0 Å². The minimum Gasteiger partial charge on any atom is -0.481 e. The number of rotatable bonds is 6. The molecule has 200 valence electrons. The van der Waals surface area contributed by atoms with Crippen LogP contribution in [0.3, 0.4) is 0 Å². The quantitative estimate of drug-likeness (QED) is 0.592. The van der Waals surface area contributed by atoms with Crippen molar-refractivity contribution >= 4 is 23.8 Å². The Hall–Kier alpha value is -3.82. The Kier molecular flexibility index (Phi) is 7.40. The summed E-state index contributed by atoms with van der Waals surface area (Å²) in [5, 5.41) is 18.8. The first kappa shape index (κ1) is 25.8. The van der Waals surface area contributed by atoms with Gasteiger partial charge in [-0.15, -0.1) is 0 Å². The van der Waals surface area contributed by atoms with E-state index in [0.717, 1.165) is 36.8 Å². The molecule has 38 heavy (non-hydrogen) atoms. The number of amides is 2. The van der Waals surface area contributed by atoms with Gasteiger partial charge in [0, 0.05) is 49.7 Å². The highest BCUT2D eigenvalue weighted by Gasteiger charge is 2.47. The molecule has 10 nitrogen and oxygen atoms in total. The molecule has 2 N–H and O–H groups in total. The van der Waals surface area contributed by atoms with Gasteiger partial charge in [-0.25, -0.2) is 0 Å².